The topological polar surface area (TPSA) is 85.6 Å². The summed E-state index contributed by atoms with van der Waals surface area (Å²) in [4.78, 5) is 31.1. The van der Waals surface area contributed by atoms with E-state index in [9.17, 15) is 9.59 Å². The van der Waals surface area contributed by atoms with Crippen LogP contribution in [0.2, 0.25) is 0 Å². The van der Waals surface area contributed by atoms with E-state index in [1.807, 2.05) is 0 Å². The number of carbonyl (C=O) groups is 2. The Kier molecular flexibility index (Phi) is 3.22. The zero-order valence-electron chi connectivity index (χ0n) is 10.0. The van der Waals surface area contributed by atoms with Gasteiger partial charge in [-0.25, -0.2) is 4.98 Å². The van der Waals surface area contributed by atoms with E-state index in [1.165, 1.54) is 7.11 Å². The van der Waals surface area contributed by atoms with Crippen molar-refractivity contribution >= 4 is 17.5 Å². The van der Waals surface area contributed by atoms with Crippen molar-refractivity contribution in [1.82, 2.24) is 19.7 Å². The number of aryl methyl sites for hydroxylation is 1. The number of carbonyl (C=O) groups excluding carboxylic acids is 2. The van der Waals surface area contributed by atoms with Gasteiger partial charge in [0.05, 0.1) is 19.0 Å². The molecule has 0 aliphatic heterocycles. The molecule has 1 N–H and O–H groups in total. The third-order valence-corrected chi connectivity index (χ3v) is 2.44. The summed E-state index contributed by atoms with van der Waals surface area (Å²) < 4.78 is 6.07. The van der Waals surface area contributed by atoms with Crippen molar-refractivity contribution in [2.45, 2.75) is 6.92 Å². The highest BCUT2D eigenvalue weighted by molar-refractivity contribution is 5.96. The van der Waals surface area contributed by atoms with Crippen LogP contribution in [-0.4, -0.2) is 39.9 Å². The minimum Gasteiger partial charge on any atom is -0.468 e. The van der Waals surface area contributed by atoms with E-state index in [2.05, 4.69) is 20.0 Å². The van der Waals surface area contributed by atoms with Gasteiger partial charge in [0.2, 0.25) is 0 Å². The summed E-state index contributed by atoms with van der Waals surface area (Å²) in [6.07, 6.45) is 4.76. The van der Waals surface area contributed by atoms with Crippen LogP contribution in [-0.2, 0) is 9.53 Å². The number of esters is 1. The van der Waals surface area contributed by atoms with Gasteiger partial charge >= 0.3 is 5.97 Å². The van der Waals surface area contributed by atoms with Crippen molar-refractivity contribution in [3.63, 3.8) is 0 Å². The zero-order chi connectivity index (χ0) is 13.1. The molecule has 0 aliphatic rings. The highest BCUT2D eigenvalue weighted by Crippen LogP contribution is 2.10. The Morgan fingerprint density at radius 1 is 1.50 bits per heavy atom. The van der Waals surface area contributed by atoms with Gasteiger partial charge in [0.25, 0.3) is 5.91 Å². The SMILES string of the molecule is COC(=O)CNC(=O)c1c(C)nc2cnccn12. The smallest absolute Gasteiger partial charge is 0.325 e. The van der Waals surface area contributed by atoms with Crippen molar-refractivity contribution in [3.05, 3.63) is 30.0 Å². The maximum absolute atomic E-state index is 12.0. The van der Waals surface area contributed by atoms with Gasteiger partial charge in [-0.3, -0.25) is 19.0 Å². The molecule has 0 radical (unpaired) electrons. The maximum Gasteiger partial charge on any atom is 0.325 e. The second-order valence-electron chi connectivity index (χ2n) is 3.61. The number of imidazole rings is 1. The average Bonchev–Trinajstić information content (AvgIpc) is 2.71. The Bertz CT molecular complexity index is 605. The Hall–Kier alpha value is -2.44. The van der Waals surface area contributed by atoms with Gasteiger partial charge in [0.15, 0.2) is 5.65 Å². The number of hydrogen-bond donors (Lipinski definition) is 1. The third kappa shape index (κ3) is 2.15. The molecule has 18 heavy (non-hydrogen) atoms. The lowest BCUT2D eigenvalue weighted by Gasteiger charge is -2.04. The van der Waals surface area contributed by atoms with Crippen LogP contribution in [0, 0.1) is 6.92 Å². The second kappa shape index (κ2) is 4.82. The second-order valence-corrected chi connectivity index (χ2v) is 3.61. The van der Waals surface area contributed by atoms with Gasteiger partial charge in [-0.05, 0) is 6.92 Å². The van der Waals surface area contributed by atoms with Crippen molar-refractivity contribution in [3.8, 4) is 0 Å². The van der Waals surface area contributed by atoms with E-state index in [0.717, 1.165) is 0 Å². The summed E-state index contributed by atoms with van der Waals surface area (Å²) in [5, 5.41) is 2.47. The van der Waals surface area contributed by atoms with Crippen LogP contribution in [0.1, 0.15) is 16.2 Å². The standard InChI is InChI=1S/C11H12N4O3/c1-7-10(11(17)13-6-9(16)18-2)15-4-3-12-5-8(15)14-7/h3-5H,6H2,1-2H3,(H,13,17). The molecule has 0 saturated carbocycles. The number of methoxy groups -OCH3 is 1. The third-order valence-electron chi connectivity index (χ3n) is 2.44. The fraction of sp³-hybridized carbons (Fsp3) is 0.273. The fourth-order valence-electron chi connectivity index (χ4n) is 1.61. The van der Waals surface area contributed by atoms with E-state index in [-0.39, 0.29) is 12.5 Å². The van der Waals surface area contributed by atoms with Crippen LogP contribution in [0.5, 0.6) is 0 Å². The first-order valence-electron chi connectivity index (χ1n) is 5.27. The first-order valence-corrected chi connectivity index (χ1v) is 5.27. The molecular weight excluding hydrogens is 236 g/mol. The molecule has 0 aromatic carbocycles. The number of nitrogens with zero attached hydrogens (tertiary/aromatic N) is 3. The monoisotopic (exact) mass is 248 g/mol. The number of hydrogen-bond acceptors (Lipinski definition) is 5. The normalized spacial score (nSPS) is 10.3. The van der Waals surface area contributed by atoms with Crippen molar-refractivity contribution < 1.29 is 14.3 Å². The van der Waals surface area contributed by atoms with E-state index >= 15 is 0 Å². The van der Waals surface area contributed by atoms with Gasteiger partial charge in [-0.15, -0.1) is 0 Å². The van der Waals surface area contributed by atoms with Crippen molar-refractivity contribution in [1.29, 1.82) is 0 Å². The Morgan fingerprint density at radius 2 is 2.28 bits per heavy atom. The number of ether oxygens (including phenoxy) is 1. The fourth-order valence-corrected chi connectivity index (χ4v) is 1.61. The highest BCUT2D eigenvalue weighted by Gasteiger charge is 2.16. The first kappa shape index (κ1) is 12.0. The molecule has 2 aromatic rings. The molecule has 2 rings (SSSR count). The van der Waals surface area contributed by atoms with Crippen LogP contribution < -0.4 is 5.32 Å². The molecule has 0 spiro atoms. The molecule has 94 valence electrons. The predicted molar refractivity (Wildman–Crippen MR) is 62.1 cm³/mol. The quantitative estimate of drug-likeness (QED) is 0.769. The van der Waals surface area contributed by atoms with E-state index in [1.54, 1.807) is 29.9 Å². The molecule has 0 fully saturated rings. The average molecular weight is 248 g/mol. The van der Waals surface area contributed by atoms with Gasteiger partial charge < -0.3 is 10.1 Å². The molecule has 7 heteroatoms. The molecule has 2 heterocycles. The Balaban J connectivity index is 2.27. The minimum atomic E-state index is -0.503. The lowest BCUT2D eigenvalue weighted by atomic mass is 10.3. The molecule has 0 unspecified atom stereocenters. The summed E-state index contributed by atoms with van der Waals surface area (Å²) in [7, 11) is 1.26. The molecule has 1 amide bonds. The van der Waals surface area contributed by atoms with E-state index in [4.69, 9.17) is 0 Å². The lowest BCUT2D eigenvalue weighted by Crippen LogP contribution is -2.31. The summed E-state index contributed by atoms with van der Waals surface area (Å²) in [6, 6.07) is 0. The van der Waals surface area contributed by atoms with Crippen LogP contribution in [0.3, 0.4) is 0 Å². The van der Waals surface area contributed by atoms with E-state index < -0.39 is 5.97 Å². The van der Waals surface area contributed by atoms with Crippen LogP contribution >= 0.6 is 0 Å². The van der Waals surface area contributed by atoms with E-state index in [0.29, 0.717) is 17.0 Å². The summed E-state index contributed by atoms with van der Waals surface area (Å²) >= 11 is 0. The molecule has 0 bridgehead atoms. The number of nitrogens with one attached hydrogen (secondary N) is 1. The predicted octanol–water partition coefficient (Wildman–Crippen LogP) is -0.0595. The van der Waals surface area contributed by atoms with Gasteiger partial charge in [0, 0.05) is 12.4 Å². The molecule has 2 aromatic heterocycles. The molecule has 0 saturated heterocycles. The van der Waals surface area contributed by atoms with Gasteiger partial charge in [0.1, 0.15) is 12.2 Å². The molecule has 0 aliphatic carbocycles. The van der Waals surface area contributed by atoms with Crippen LogP contribution in [0.25, 0.3) is 5.65 Å². The number of amides is 1. The molecule has 7 nitrogen and oxygen atoms in total. The number of rotatable bonds is 3. The zero-order valence-corrected chi connectivity index (χ0v) is 10.0. The summed E-state index contributed by atoms with van der Waals surface area (Å²) in [5.41, 5.74) is 1.54. The largest absolute Gasteiger partial charge is 0.468 e. The number of fused-ring (bicyclic) bond motifs is 1. The Morgan fingerprint density at radius 3 is 3.00 bits per heavy atom. The van der Waals surface area contributed by atoms with Crippen molar-refractivity contribution in [2.24, 2.45) is 0 Å². The molecule has 0 atom stereocenters. The minimum absolute atomic E-state index is 0.174. The lowest BCUT2D eigenvalue weighted by molar-refractivity contribution is -0.139. The van der Waals surface area contributed by atoms with Crippen LogP contribution in [0.4, 0.5) is 0 Å². The van der Waals surface area contributed by atoms with Crippen molar-refractivity contribution in [2.75, 3.05) is 13.7 Å². The Labute approximate surface area is 103 Å². The maximum atomic E-state index is 12.0. The van der Waals surface area contributed by atoms with Crippen LogP contribution in [0.15, 0.2) is 18.6 Å². The first-order chi connectivity index (χ1) is 8.63. The number of aromatic nitrogens is 3. The molecular formula is C11H12N4O3. The summed E-state index contributed by atoms with van der Waals surface area (Å²) in [6.45, 7) is 1.55. The van der Waals surface area contributed by atoms with Gasteiger partial charge in [-0.1, -0.05) is 0 Å². The van der Waals surface area contributed by atoms with Gasteiger partial charge in [-0.2, -0.15) is 0 Å². The highest BCUT2D eigenvalue weighted by atomic mass is 16.5. The summed E-state index contributed by atoms with van der Waals surface area (Å²) in [5.74, 6) is -0.881.